The Kier molecular flexibility index (Phi) is 5.78. The first kappa shape index (κ1) is 26.2. The largest absolute Gasteiger partial charge is 0.371 e. The summed E-state index contributed by atoms with van der Waals surface area (Å²) in [5.41, 5.74) is 9.07. The van der Waals surface area contributed by atoms with Gasteiger partial charge in [-0.15, -0.1) is 11.3 Å². The Bertz CT molecular complexity index is 2460. The molecule has 2 heteroatoms. The predicted octanol–water partition coefficient (Wildman–Crippen LogP) is 11.8. The van der Waals surface area contributed by atoms with Crippen molar-refractivity contribution in [2.45, 2.75) is 18.9 Å². The van der Waals surface area contributed by atoms with Crippen LogP contribution in [0.4, 0.5) is 5.69 Å². The van der Waals surface area contributed by atoms with Gasteiger partial charge in [0.15, 0.2) is 0 Å². The van der Waals surface area contributed by atoms with Crippen LogP contribution in [0.5, 0.6) is 0 Å². The van der Waals surface area contributed by atoms with Crippen LogP contribution in [0, 0.1) is 0 Å². The molecule has 1 aromatic heterocycles. The molecule has 9 rings (SSSR count). The SMILES string of the molecule is C=C1C=C(c2cccc(Cc3ccccc3)c2)C(C)(c2ccc3c4ccccc4c4cccc5sc2c3c54)Nc2ccccc21. The van der Waals surface area contributed by atoms with E-state index in [2.05, 4.69) is 158 Å². The maximum Gasteiger partial charge on any atom is 0.0870 e. The van der Waals surface area contributed by atoms with Crippen molar-refractivity contribution in [1.82, 2.24) is 0 Å². The number of rotatable bonds is 4. The molecule has 0 radical (unpaired) electrons. The highest BCUT2D eigenvalue weighted by Crippen LogP contribution is 2.52. The first-order valence-corrected chi connectivity index (χ1v) is 16.4. The van der Waals surface area contributed by atoms with E-state index in [1.807, 2.05) is 11.3 Å². The third kappa shape index (κ3) is 3.99. The Morgan fingerprint density at radius 2 is 1.33 bits per heavy atom. The minimum absolute atomic E-state index is 0.530. The van der Waals surface area contributed by atoms with Crippen molar-refractivity contribution in [2.24, 2.45) is 0 Å². The third-order valence-corrected chi connectivity index (χ3v) is 10.9. The Morgan fingerprint density at radius 1 is 0.644 bits per heavy atom. The van der Waals surface area contributed by atoms with Crippen molar-refractivity contribution in [2.75, 3.05) is 5.32 Å². The van der Waals surface area contributed by atoms with Gasteiger partial charge in [0.25, 0.3) is 0 Å². The van der Waals surface area contributed by atoms with Gasteiger partial charge in [-0.3, -0.25) is 0 Å². The van der Waals surface area contributed by atoms with Crippen LogP contribution in [0.25, 0.3) is 52.9 Å². The number of hydrogen-bond donors (Lipinski definition) is 1. The molecule has 1 atom stereocenters. The first-order chi connectivity index (χ1) is 22.1. The second-order valence-corrected chi connectivity index (χ2v) is 13.5. The number of thiophene rings is 1. The molecule has 1 aliphatic heterocycles. The molecular weight excluding hydrogens is 563 g/mol. The molecule has 214 valence electrons. The van der Waals surface area contributed by atoms with E-state index in [1.54, 1.807) is 0 Å². The van der Waals surface area contributed by atoms with Crippen LogP contribution < -0.4 is 5.32 Å². The quantitative estimate of drug-likeness (QED) is 0.200. The van der Waals surface area contributed by atoms with Gasteiger partial charge < -0.3 is 5.32 Å². The van der Waals surface area contributed by atoms with Gasteiger partial charge in [-0.25, -0.2) is 0 Å². The van der Waals surface area contributed by atoms with Gasteiger partial charge in [-0.1, -0.05) is 128 Å². The van der Waals surface area contributed by atoms with E-state index in [0.29, 0.717) is 0 Å². The third-order valence-electron chi connectivity index (χ3n) is 9.70. The van der Waals surface area contributed by atoms with Crippen molar-refractivity contribution in [3.8, 4) is 0 Å². The predicted molar refractivity (Wildman–Crippen MR) is 196 cm³/mol. The van der Waals surface area contributed by atoms with Crippen molar-refractivity contribution in [1.29, 1.82) is 0 Å². The standard InChI is InChI=1S/C43H31NS/c1-27-24-37(30-15-10-14-29(26-30)25-28-12-4-3-5-13-28)43(2,44-38-20-9-8-16-31(27)38)36-23-22-35-33-18-7-6-17-32(33)34-19-11-21-39-40(34)41(35)42(36)45-39/h3-24,26,44H,1,25H2,2H3. The van der Waals surface area contributed by atoms with Gasteiger partial charge in [0.05, 0.1) is 5.54 Å². The monoisotopic (exact) mass is 593 g/mol. The molecule has 1 nitrogen and oxygen atoms in total. The highest BCUT2D eigenvalue weighted by molar-refractivity contribution is 7.26. The van der Waals surface area contributed by atoms with E-state index < -0.39 is 5.54 Å². The normalized spacial score (nSPS) is 16.6. The van der Waals surface area contributed by atoms with Crippen LogP contribution in [0.1, 0.15) is 34.7 Å². The van der Waals surface area contributed by atoms with E-state index in [-0.39, 0.29) is 0 Å². The summed E-state index contributed by atoms with van der Waals surface area (Å²) in [5.74, 6) is 0. The summed E-state index contributed by atoms with van der Waals surface area (Å²) < 4.78 is 2.68. The number of allylic oxidation sites excluding steroid dienone is 2. The zero-order chi connectivity index (χ0) is 30.1. The molecule has 0 saturated heterocycles. The lowest BCUT2D eigenvalue weighted by Gasteiger charge is -2.35. The summed E-state index contributed by atoms with van der Waals surface area (Å²) in [6.07, 6.45) is 3.21. The number of nitrogens with one attached hydrogen (secondary N) is 1. The molecular formula is C43H31NS. The van der Waals surface area contributed by atoms with Crippen LogP contribution in [-0.4, -0.2) is 0 Å². The smallest absolute Gasteiger partial charge is 0.0870 e. The summed E-state index contributed by atoms with van der Waals surface area (Å²) >= 11 is 1.92. The molecule has 7 aromatic carbocycles. The van der Waals surface area contributed by atoms with E-state index in [0.717, 1.165) is 23.2 Å². The second kappa shape index (κ2) is 9.92. The zero-order valence-corrected chi connectivity index (χ0v) is 25.9. The van der Waals surface area contributed by atoms with Crippen molar-refractivity contribution in [3.63, 3.8) is 0 Å². The van der Waals surface area contributed by atoms with Crippen molar-refractivity contribution < 1.29 is 0 Å². The van der Waals surface area contributed by atoms with Crippen molar-refractivity contribution >= 4 is 69.9 Å². The summed E-state index contributed by atoms with van der Waals surface area (Å²) in [6.45, 7) is 6.94. The van der Waals surface area contributed by atoms with Gasteiger partial charge in [-0.05, 0) is 86.5 Å². The van der Waals surface area contributed by atoms with E-state index in [4.69, 9.17) is 0 Å². The molecule has 0 aliphatic carbocycles. The summed E-state index contributed by atoms with van der Waals surface area (Å²) in [4.78, 5) is 0. The van der Waals surface area contributed by atoms with Gasteiger partial charge >= 0.3 is 0 Å². The van der Waals surface area contributed by atoms with Crippen LogP contribution in [-0.2, 0) is 12.0 Å². The summed E-state index contributed by atoms with van der Waals surface area (Å²) in [7, 11) is 0. The lowest BCUT2D eigenvalue weighted by Crippen LogP contribution is -2.33. The Labute approximate surface area is 267 Å². The number of para-hydroxylation sites is 1. The minimum Gasteiger partial charge on any atom is -0.371 e. The molecule has 1 aliphatic rings. The maximum atomic E-state index is 4.58. The summed E-state index contributed by atoms with van der Waals surface area (Å²) in [6, 6.07) is 48.8. The number of anilines is 1. The highest BCUT2D eigenvalue weighted by atomic mass is 32.1. The van der Waals surface area contributed by atoms with Crippen LogP contribution in [0.2, 0.25) is 0 Å². The Hall–Kier alpha value is -5.18. The maximum absolute atomic E-state index is 4.58. The van der Waals surface area contributed by atoms with Gasteiger partial charge in [0.1, 0.15) is 0 Å². The molecule has 0 bridgehead atoms. The molecule has 2 heterocycles. The summed E-state index contributed by atoms with van der Waals surface area (Å²) in [5, 5.41) is 12.1. The number of hydrogen-bond acceptors (Lipinski definition) is 2. The topological polar surface area (TPSA) is 12.0 Å². The van der Waals surface area contributed by atoms with Gasteiger partial charge in [0, 0.05) is 31.4 Å². The van der Waals surface area contributed by atoms with Crippen LogP contribution in [0.15, 0.2) is 146 Å². The first-order valence-electron chi connectivity index (χ1n) is 15.6. The molecule has 0 spiro atoms. The fraction of sp³-hybridized carbons (Fsp3) is 0.0698. The molecule has 45 heavy (non-hydrogen) atoms. The van der Waals surface area contributed by atoms with Crippen LogP contribution >= 0.6 is 11.3 Å². The average Bonchev–Trinajstić information content (AvgIpc) is 3.42. The van der Waals surface area contributed by atoms with Gasteiger partial charge in [0.2, 0.25) is 0 Å². The van der Waals surface area contributed by atoms with E-state index >= 15 is 0 Å². The molecule has 8 aromatic rings. The molecule has 1 unspecified atom stereocenters. The average molecular weight is 594 g/mol. The fourth-order valence-electron chi connectivity index (χ4n) is 7.59. The van der Waals surface area contributed by atoms with Crippen molar-refractivity contribution in [3.05, 3.63) is 174 Å². The lowest BCUT2D eigenvalue weighted by atomic mass is 9.78. The lowest BCUT2D eigenvalue weighted by molar-refractivity contribution is 0.722. The second-order valence-electron chi connectivity index (χ2n) is 12.4. The van der Waals surface area contributed by atoms with Crippen LogP contribution in [0.3, 0.4) is 0 Å². The molecule has 0 fully saturated rings. The highest BCUT2D eigenvalue weighted by Gasteiger charge is 2.37. The number of fused-ring (bicyclic) bond motifs is 4. The fourth-order valence-corrected chi connectivity index (χ4v) is 8.96. The minimum atomic E-state index is -0.530. The van der Waals surface area contributed by atoms with E-state index in [1.165, 1.54) is 69.5 Å². The van der Waals surface area contributed by atoms with E-state index in [9.17, 15) is 0 Å². The molecule has 0 saturated carbocycles. The van der Waals surface area contributed by atoms with Gasteiger partial charge in [-0.2, -0.15) is 0 Å². The molecule has 1 N–H and O–H groups in total. The number of benzene rings is 7. The molecule has 0 amide bonds. The Morgan fingerprint density at radius 3 is 2.18 bits per heavy atom. The Balaban J connectivity index is 1.32. The zero-order valence-electron chi connectivity index (χ0n) is 25.1.